The zero-order valence-corrected chi connectivity index (χ0v) is 14.4. The fourth-order valence-corrected chi connectivity index (χ4v) is 3.58. The highest BCUT2D eigenvalue weighted by molar-refractivity contribution is 7.19. The highest BCUT2D eigenvalue weighted by Gasteiger charge is 2.11. The Bertz CT molecular complexity index is 1150. The Morgan fingerprint density at radius 3 is 2.96 bits per heavy atom. The fraction of sp³-hybridized carbons (Fsp3) is 0.0500. The summed E-state index contributed by atoms with van der Waals surface area (Å²) in [6.45, 7) is 0.0492. The van der Waals surface area contributed by atoms with Crippen molar-refractivity contribution in [3.05, 3.63) is 77.1 Å². The van der Waals surface area contributed by atoms with E-state index < -0.39 is 5.97 Å². The van der Waals surface area contributed by atoms with E-state index in [-0.39, 0.29) is 6.61 Å². The molecule has 0 aliphatic rings. The van der Waals surface area contributed by atoms with Crippen molar-refractivity contribution in [2.75, 3.05) is 0 Å². The van der Waals surface area contributed by atoms with Gasteiger partial charge in [0.15, 0.2) is 0 Å². The van der Waals surface area contributed by atoms with Crippen molar-refractivity contribution < 1.29 is 9.53 Å². The van der Waals surface area contributed by atoms with Crippen LogP contribution in [-0.2, 0) is 16.1 Å². The van der Waals surface area contributed by atoms with E-state index in [1.165, 1.54) is 17.4 Å². The van der Waals surface area contributed by atoms with Crippen LogP contribution in [0.5, 0.6) is 0 Å². The van der Waals surface area contributed by atoms with Crippen molar-refractivity contribution in [3.8, 4) is 6.07 Å². The number of hydrogen-bond donors (Lipinski definition) is 0. The molecule has 4 rings (SSSR count). The first-order chi connectivity index (χ1) is 12.7. The van der Waals surface area contributed by atoms with Crippen LogP contribution in [0.1, 0.15) is 16.1 Å². The zero-order chi connectivity index (χ0) is 17.9. The molecule has 5 nitrogen and oxygen atoms in total. The SMILES string of the molecule is N#Cc1c(COC(=O)/C=C/c2nc3ccccc3s2)cn2ccccc12. The second kappa shape index (κ2) is 6.82. The summed E-state index contributed by atoms with van der Waals surface area (Å²) in [5, 5.41) is 10.1. The van der Waals surface area contributed by atoms with Gasteiger partial charge in [0, 0.05) is 24.0 Å². The van der Waals surface area contributed by atoms with Gasteiger partial charge in [-0.2, -0.15) is 5.26 Å². The molecule has 0 aliphatic heterocycles. The van der Waals surface area contributed by atoms with E-state index in [2.05, 4.69) is 11.1 Å². The lowest BCUT2D eigenvalue weighted by Gasteiger charge is -1.99. The van der Waals surface area contributed by atoms with Crippen molar-refractivity contribution in [3.63, 3.8) is 0 Å². The number of esters is 1. The number of pyridine rings is 1. The molecule has 0 saturated heterocycles. The van der Waals surface area contributed by atoms with Crippen LogP contribution in [0.2, 0.25) is 0 Å². The van der Waals surface area contributed by atoms with E-state index in [1.807, 2.05) is 53.1 Å². The smallest absolute Gasteiger partial charge is 0.331 e. The average Bonchev–Trinajstić information content (AvgIpc) is 3.24. The topological polar surface area (TPSA) is 67.4 Å². The van der Waals surface area contributed by atoms with Crippen LogP contribution in [0, 0.1) is 11.3 Å². The Balaban J connectivity index is 1.46. The molecule has 0 atom stereocenters. The van der Waals surface area contributed by atoms with E-state index in [1.54, 1.807) is 12.3 Å². The Morgan fingerprint density at radius 2 is 2.12 bits per heavy atom. The number of carbonyl (C=O) groups excluding carboxylic acids is 1. The molecule has 1 aromatic carbocycles. The van der Waals surface area contributed by atoms with Gasteiger partial charge in [-0.1, -0.05) is 18.2 Å². The number of carbonyl (C=O) groups is 1. The van der Waals surface area contributed by atoms with Crippen molar-refractivity contribution in [1.29, 1.82) is 5.26 Å². The number of ether oxygens (including phenoxy) is 1. The van der Waals surface area contributed by atoms with Gasteiger partial charge in [-0.3, -0.25) is 0 Å². The van der Waals surface area contributed by atoms with Crippen LogP contribution >= 0.6 is 11.3 Å². The number of hydrogen-bond acceptors (Lipinski definition) is 5. The number of thiazole rings is 1. The van der Waals surface area contributed by atoms with Crippen LogP contribution < -0.4 is 0 Å². The monoisotopic (exact) mass is 359 g/mol. The molecule has 0 saturated carbocycles. The van der Waals surface area contributed by atoms with Crippen LogP contribution in [0.4, 0.5) is 0 Å². The lowest BCUT2D eigenvalue weighted by atomic mass is 10.2. The first-order valence-corrected chi connectivity index (χ1v) is 8.75. The molecular formula is C20H13N3O2S. The van der Waals surface area contributed by atoms with Crippen LogP contribution in [-0.4, -0.2) is 15.4 Å². The minimum absolute atomic E-state index is 0.0492. The maximum absolute atomic E-state index is 12.0. The average molecular weight is 359 g/mol. The molecule has 126 valence electrons. The third kappa shape index (κ3) is 3.08. The quantitative estimate of drug-likeness (QED) is 0.405. The number of rotatable bonds is 4. The van der Waals surface area contributed by atoms with Gasteiger partial charge in [0.25, 0.3) is 0 Å². The number of nitrogens with zero attached hydrogens (tertiary/aromatic N) is 3. The molecule has 3 heterocycles. The second-order valence-electron chi connectivity index (χ2n) is 5.60. The second-order valence-corrected chi connectivity index (χ2v) is 6.66. The summed E-state index contributed by atoms with van der Waals surface area (Å²) in [4.78, 5) is 16.4. The Hall–Kier alpha value is -3.43. The molecule has 0 fully saturated rings. The highest BCUT2D eigenvalue weighted by Crippen LogP contribution is 2.22. The van der Waals surface area contributed by atoms with Gasteiger partial charge in [-0.15, -0.1) is 11.3 Å². The molecule has 0 bridgehead atoms. The maximum Gasteiger partial charge on any atom is 0.331 e. The normalized spacial score (nSPS) is 11.2. The van der Waals surface area contributed by atoms with Crippen molar-refractivity contribution in [1.82, 2.24) is 9.38 Å². The van der Waals surface area contributed by atoms with E-state index in [0.717, 1.165) is 20.7 Å². The number of aromatic nitrogens is 2. The van der Waals surface area contributed by atoms with E-state index in [9.17, 15) is 10.1 Å². The van der Waals surface area contributed by atoms with Crippen LogP contribution in [0.15, 0.2) is 60.9 Å². The molecular weight excluding hydrogens is 346 g/mol. The Morgan fingerprint density at radius 1 is 1.27 bits per heavy atom. The highest BCUT2D eigenvalue weighted by atomic mass is 32.1. The number of para-hydroxylation sites is 1. The first kappa shape index (κ1) is 16.1. The molecule has 0 unspecified atom stereocenters. The van der Waals surface area contributed by atoms with Gasteiger partial charge in [0.1, 0.15) is 17.7 Å². The van der Waals surface area contributed by atoms with Crippen LogP contribution in [0.3, 0.4) is 0 Å². The Labute approximate surface area is 153 Å². The molecule has 0 N–H and O–H groups in total. The predicted molar refractivity (Wildman–Crippen MR) is 101 cm³/mol. The molecule has 6 heteroatoms. The van der Waals surface area contributed by atoms with E-state index in [4.69, 9.17) is 4.74 Å². The number of fused-ring (bicyclic) bond motifs is 2. The largest absolute Gasteiger partial charge is 0.458 e. The number of nitriles is 1. The predicted octanol–water partition coefficient (Wildman–Crippen LogP) is 4.18. The van der Waals surface area contributed by atoms with Crippen molar-refractivity contribution in [2.24, 2.45) is 0 Å². The summed E-state index contributed by atoms with van der Waals surface area (Å²) in [7, 11) is 0. The standard InChI is InChI=1S/C20H13N3O2S/c21-11-15-14(12-23-10-4-3-6-17(15)23)13-25-20(24)9-8-19-22-16-5-1-2-7-18(16)26-19/h1-10,12H,13H2/b9-8+. The Kier molecular flexibility index (Phi) is 4.22. The summed E-state index contributed by atoms with van der Waals surface area (Å²) in [6, 6.07) is 15.6. The van der Waals surface area contributed by atoms with Crippen LogP contribution in [0.25, 0.3) is 21.8 Å². The van der Waals surface area contributed by atoms with Crippen molar-refractivity contribution in [2.45, 2.75) is 6.61 Å². The maximum atomic E-state index is 12.0. The molecule has 3 aromatic heterocycles. The first-order valence-electron chi connectivity index (χ1n) is 7.93. The molecule has 0 amide bonds. The zero-order valence-electron chi connectivity index (χ0n) is 13.6. The van der Waals surface area contributed by atoms with Gasteiger partial charge < -0.3 is 9.14 Å². The lowest BCUT2D eigenvalue weighted by Crippen LogP contribution is -2.01. The minimum Gasteiger partial charge on any atom is -0.458 e. The fourth-order valence-electron chi connectivity index (χ4n) is 2.71. The van der Waals surface area contributed by atoms with Gasteiger partial charge in [-0.05, 0) is 30.3 Å². The lowest BCUT2D eigenvalue weighted by molar-refractivity contribution is -0.138. The molecule has 26 heavy (non-hydrogen) atoms. The van der Waals surface area contributed by atoms with Crippen molar-refractivity contribution >= 4 is 39.1 Å². The molecule has 0 aliphatic carbocycles. The summed E-state index contributed by atoms with van der Waals surface area (Å²) < 4.78 is 8.20. The minimum atomic E-state index is -0.469. The summed E-state index contributed by atoms with van der Waals surface area (Å²) in [6.07, 6.45) is 6.67. The molecule has 4 aromatic rings. The van der Waals surface area contributed by atoms with Gasteiger partial charge >= 0.3 is 5.97 Å². The molecule has 0 radical (unpaired) electrons. The van der Waals surface area contributed by atoms with Gasteiger partial charge in [-0.25, -0.2) is 9.78 Å². The van der Waals surface area contributed by atoms with E-state index in [0.29, 0.717) is 11.1 Å². The van der Waals surface area contributed by atoms with Gasteiger partial charge in [0.2, 0.25) is 0 Å². The summed E-state index contributed by atoms with van der Waals surface area (Å²) >= 11 is 1.51. The third-order valence-corrected chi connectivity index (χ3v) is 4.92. The van der Waals surface area contributed by atoms with E-state index >= 15 is 0 Å². The third-order valence-electron chi connectivity index (χ3n) is 3.92. The molecule has 0 spiro atoms. The summed E-state index contributed by atoms with van der Waals surface area (Å²) in [5.41, 5.74) is 2.91. The summed E-state index contributed by atoms with van der Waals surface area (Å²) in [5.74, 6) is -0.469. The number of benzene rings is 1. The van der Waals surface area contributed by atoms with Gasteiger partial charge in [0.05, 0.1) is 21.3 Å².